The number of aliphatic hydroxyl groups is 1. The van der Waals surface area contributed by atoms with Gasteiger partial charge in [0.2, 0.25) is 0 Å². The molecule has 2 aliphatic rings. The molecule has 1 saturated heterocycles. The molecule has 47 heavy (non-hydrogen) atoms. The number of nitrogens with one attached hydrogen (secondary N) is 2. The van der Waals surface area contributed by atoms with Crippen LogP contribution in [0.3, 0.4) is 0 Å². The number of rotatable bonds is 7. The molecule has 0 aliphatic carbocycles. The Hall–Kier alpha value is -4.57. The molecule has 0 radical (unpaired) electrons. The summed E-state index contributed by atoms with van der Waals surface area (Å²) in [4.78, 5) is 36.9. The van der Waals surface area contributed by atoms with E-state index in [0.29, 0.717) is 46.6 Å². The maximum atomic E-state index is 12.9. The molecule has 3 heterocycles. The normalized spacial score (nSPS) is 17.2. The van der Waals surface area contributed by atoms with Crippen LogP contribution in [0, 0.1) is 0 Å². The number of benzene rings is 2. The van der Waals surface area contributed by atoms with Gasteiger partial charge in [-0.1, -0.05) is 24.3 Å². The predicted molar refractivity (Wildman–Crippen MR) is 157 cm³/mol. The maximum Gasteiger partial charge on any atom is 0.573 e. The molecule has 1 unspecified atom stereocenters. The van der Waals surface area contributed by atoms with Crippen molar-refractivity contribution in [2.24, 2.45) is 0 Å². The number of halogens is 6. The van der Waals surface area contributed by atoms with Crippen molar-refractivity contribution in [1.29, 1.82) is 0 Å². The zero-order chi connectivity index (χ0) is 34.5. The van der Waals surface area contributed by atoms with E-state index in [0.717, 1.165) is 25.9 Å². The first-order valence-corrected chi connectivity index (χ1v) is 14.5. The molecule has 1 aromatic heterocycles. The second-order valence-electron chi connectivity index (χ2n) is 11.0. The van der Waals surface area contributed by atoms with Gasteiger partial charge in [-0.2, -0.15) is 13.2 Å². The van der Waals surface area contributed by atoms with Gasteiger partial charge in [0.1, 0.15) is 11.4 Å². The van der Waals surface area contributed by atoms with E-state index < -0.39 is 18.5 Å². The third kappa shape index (κ3) is 9.04. The van der Waals surface area contributed by atoms with Gasteiger partial charge in [-0.05, 0) is 80.9 Å². The Bertz CT molecular complexity index is 1580. The summed E-state index contributed by atoms with van der Waals surface area (Å²) in [6.45, 7) is 2.02. The Balaban J connectivity index is 0.000000644. The Morgan fingerprint density at radius 1 is 1.00 bits per heavy atom. The van der Waals surface area contributed by atoms with Crippen LogP contribution in [-0.4, -0.2) is 89.3 Å². The quantitative estimate of drug-likeness (QED) is 0.265. The second kappa shape index (κ2) is 14.5. The molecule has 1 fully saturated rings. The van der Waals surface area contributed by atoms with E-state index in [2.05, 4.69) is 27.3 Å². The van der Waals surface area contributed by atoms with Crippen LogP contribution in [0.15, 0.2) is 54.6 Å². The van der Waals surface area contributed by atoms with Crippen molar-refractivity contribution in [3.8, 4) is 28.1 Å². The van der Waals surface area contributed by atoms with E-state index in [1.807, 2.05) is 4.57 Å². The van der Waals surface area contributed by atoms with E-state index in [1.165, 1.54) is 18.2 Å². The van der Waals surface area contributed by atoms with Gasteiger partial charge in [0.25, 0.3) is 11.8 Å². The summed E-state index contributed by atoms with van der Waals surface area (Å²) in [5.74, 6) is -3.63. The average Bonchev–Trinajstić information content (AvgIpc) is 3.41. The molecule has 254 valence electrons. The second-order valence-corrected chi connectivity index (χ2v) is 11.0. The van der Waals surface area contributed by atoms with E-state index in [1.54, 1.807) is 36.4 Å². The Kier molecular flexibility index (Phi) is 10.9. The summed E-state index contributed by atoms with van der Waals surface area (Å²) in [6, 6.07) is 14.0. The highest BCUT2D eigenvalue weighted by Crippen LogP contribution is 2.40. The van der Waals surface area contributed by atoms with Gasteiger partial charge >= 0.3 is 18.5 Å². The number of carboxylic acids is 1. The van der Waals surface area contributed by atoms with Crippen LogP contribution in [-0.2, 0) is 4.79 Å². The number of nitrogens with zero attached hydrogens (tertiary/aromatic N) is 2. The van der Waals surface area contributed by atoms with Crippen molar-refractivity contribution in [3.63, 3.8) is 0 Å². The summed E-state index contributed by atoms with van der Waals surface area (Å²) in [7, 11) is 2.06. The molecule has 1 atom stereocenters. The number of carboxylic acid groups (broad SMARTS) is 1. The van der Waals surface area contributed by atoms with Crippen LogP contribution in [0.2, 0.25) is 0 Å². The zero-order valence-electron chi connectivity index (χ0n) is 25.0. The van der Waals surface area contributed by atoms with Crippen LogP contribution in [0.1, 0.15) is 46.2 Å². The number of amides is 2. The summed E-state index contributed by atoms with van der Waals surface area (Å²) < 4.78 is 76.5. The molecule has 5 rings (SSSR count). The molecule has 0 spiro atoms. The predicted octanol–water partition coefficient (Wildman–Crippen LogP) is 4.84. The number of ether oxygens (including phenoxy) is 1. The van der Waals surface area contributed by atoms with Gasteiger partial charge in [0, 0.05) is 30.3 Å². The van der Waals surface area contributed by atoms with Gasteiger partial charge < -0.3 is 35.1 Å². The fourth-order valence-electron chi connectivity index (χ4n) is 5.43. The largest absolute Gasteiger partial charge is 0.573 e. The SMILES string of the molecule is CN1CCC(NC(=O)c2ccc(-c3c(-c4cccc(OC(F)(F)F)c4)cc4n3C(CCO)CNC4=O)cc2)CC1.O=C(O)C(F)(F)F. The van der Waals surface area contributed by atoms with Gasteiger partial charge in [-0.15, -0.1) is 13.2 Å². The molecule has 0 saturated carbocycles. The monoisotopic (exact) mass is 670 g/mol. The van der Waals surface area contributed by atoms with Crippen LogP contribution in [0.4, 0.5) is 26.3 Å². The molecule has 2 amide bonds. The van der Waals surface area contributed by atoms with E-state index in [9.17, 15) is 41.0 Å². The first kappa shape index (κ1) is 35.3. The highest BCUT2D eigenvalue weighted by Gasteiger charge is 2.38. The fourth-order valence-corrected chi connectivity index (χ4v) is 5.43. The molecule has 2 aromatic carbocycles. The van der Waals surface area contributed by atoms with Gasteiger partial charge in [0.05, 0.1) is 11.7 Å². The number of carbonyl (C=O) groups excluding carboxylic acids is 2. The lowest BCUT2D eigenvalue weighted by atomic mass is 9.99. The smallest absolute Gasteiger partial charge is 0.475 e. The number of alkyl halides is 6. The Morgan fingerprint density at radius 2 is 1.64 bits per heavy atom. The number of aromatic nitrogens is 1. The van der Waals surface area contributed by atoms with Crippen LogP contribution in [0.25, 0.3) is 22.4 Å². The summed E-state index contributed by atoms with van der Waals surface area (Å²) in [5.41, 5.74) is 3.07. The van der Waals surface area contributed by atoms with Gasteiger partial charge in [-0.3, -0.25) is 9.59 Å². The van der Waals surface area contributed by atoms with E-state index in [-0.39, 0.29) is 36.3 Å². The summed E-state index contributed by atoms with van der Waals surface area (Å²) in [6.07, 6.45) is -7.81. The lowest BCUT2D eigenvalue weighted by Crippen LogP contribution is -2.43. The Morgan fingerprint density at radius 3 is 2.21 bits per heavy atom. The number of carbonyl (C=O) groups is 3. The number of aliphatic hydroxyl groups excluding tert-OH is 1. The van der Waals surface area contributed by atoms with Crippen LogP contribution in [0.5, 0.6) is 5.75 Å². The lowest BCUT2D eigenvalue weighted by molar-refractivity contribution is -0.274. The first-order chi connectivity index (χ1) is 22.1. The van der Waals surface area contributed by atoms with Crippen molar-refractivity contribution in [2.45, 2.75) is 43.9 Å². The molecule has 2 aliphatic heterocycles. The summed E-state index contributed by atoms with van der Waals surface area (Å²) in [5, 5.41) is 22.7. The average molecular weight is 671 g/mol. The minimum Gasteiger partial charge on any atom is -0.475 e. The number of piperidine rings is 1. The van der Waals surface area contributed by atoms with E-state index in [4.69, 9.17) is 9.90 Å². The first-order valence-electron chi connectivity index (χ1n) is 14.5. The van der Waals surface area contributed by atoms with Gasteiger partial charge in [0.15, 0.2) is 0 Å². The number of hydrogen-bond donors (Lipinski definition) is 4. The molecular formula is C31H32F6N4O6. The maximum absolute atomic E-state index is 12.9. The minimum absolute atomic E-state index is 0.108. The Labute approximate surface area is 264 Å². The third-order valence-corrected chi connectivity index (χ3v) is 7.69. The summed E-state index contributed by atoms with van der Waals surface area (Å²) >= 11 is 0. The molecule has 0 bridgehead atoms. The van der Waals surface area contributed by atoms with Gasteiger partial charge in [-0.25, -0.2) is 4.79 Å². The van der Waals surface area contributed by atoms with Crippen LogP contribution < -0.4 is 15.4 Å². The number of likely N-dealkylation sites (tertiary alicyclic amines) is 1. The van der Waals surface area contributed by atoms with Crippen LogP contribution >= 0.6 is 0 Å². The number of hydrogen-bond acceptors (Lipinski definition) is 6. The minimum atomic E-state index is -5.08. The third-order valence-electron chi connectivity index (χ3n) is 7.69. The highest BCUT2D eigenvalue weighted by atomic mass is 19.4. The molecule has 16 heteroatoms. The standard InChI is InChI=1S/C29H31F3N4O4.C2HF3O2/c1-35-12-9-21(10-13-35)34-27(38)19-7-5-18(6-8-19)26-24(20-3-2-4-23(15-20)40-29(30,31)32)16-25-28(39)33-17-22(11-14-37)36(25)26;3-2(4,5)1(6)7/h2-8,15-16,21-22,37H,9-14,17H2,1H3,(H,33,39)(H,34,38);(H,6,7). The zero-order valence-corrected chi connectivity index (χ0v) is 25.0. The fraction of sp³-hybridized carbons (Fsp3) is 0.387. The number of aliphatic carboxylic acids is 1. The molecule has 4 N–H and O–H groups in total. The van der Waals surface area contributed by atoms with Crippen molar-refractivity contribution in [2.75, 3.05) is 33.3 Å². The topological polar surface area (TPSA) is 133 Å². The van der Waals surface area contributed by atoms with Crippen molar-refractivity contribution in [3.05, 3.63) is 65.9 Å². The van der Waals surface area contributed by atoms with Crippen molar-refractivity contribution < 1.29 is 55.7 Å². The van der Waals surface area contributed by atoms with Crippen molar-refractivity contribution in [1.82, 2.24) is 20.1 Å². The van der Waals surface area contributed by atoms with Crippen molar-refractivity contribution >= 4 is 17.8 Å². The molecule has 3 aromatic rings. The number of fused-ring (bicyclic) bond motifs is 1. The molecular weight excluding hydrogens is 638 g/mol. The lowest BCUT2D eigenvalue weighted by Gasteiger charge is -2.29. The van der Waals surface area contributed by atoms with E-state index >= 15 is 0 Å². The highest BCUT2D eigenvalue weighted by molar-refractivity contribution is 5.99. The molecule has 10 nitrogen and oxygen atoms in total.